The molecule has 1 saturated heterocycles. The third kappa shape index (κ3) is 2.93. The van der Waals surface area contributed by atoms with E-state index >= 15 is 0 Å². The van der Waals surface area contributed by atoms with Crippen LogP contribution in [0.1, 0.15) is 19.8 Å². The van der Waals surface area contributed by atoms with Gasteiger partial charge >= 0.3 is 5.69 Å². The quantitative estimate of drug-likeness (QED) is 0.634. The molecule has 0 radical (unpaired) electrons. The Bertz CT molecular complexity index is 480. The average molecular weight is 266 g/mol. The molecule has 1 aromatic rings. The first kappa shape index (κ1) is 13.5. The molecule has 2 heterocycles. The van der Waals surface area contributed by atoms with Crippen LogP contribution in [0.3, 0.4) is 0 Å². The molecule has 0 spiro atoms. The van der Waals surface area contributed by atoms with E-state index in [1.807, 2.05) is 4.90 Å². The predicted molar refractivity (Wildman–Crippen MR) is 72.5 cm³/mol. The maximum absolute atomic E-state index is 11.1. The highest BCUT2D eigenvalue weighted by Crippen LogP contribution is 2.31. The molecule has 1 aliphatic heterocycles. The molecule has 1 aliphatic rings. The molecular formula is C12H18N4O3. The van der Waals surface area contributed by atoms with E-state index in [2.05, 4.69) is 10.3 Å². The highest BCUT2D eigenvalue weighted by atomic mass is 16.6. The van der Waals surface area contributed by atoms with E-state index in [4.69, 9.17) is 0 Å². The van der Waals surface area contributed by atoms with Crippen molar-refractivity contribution in [3.8, 4) is 0 Å². The molecule has 7 nitrogen and oxygen atoms in total. The monoisotopic (exact) mass is 266 g/mol. The molecule has 2 N–H and O–H groups in total. The van der Waals surface area contributed by atoms with Crippen LogP contribution < -0.4 is 10.2 Å². The van der Waals surface area contributed by atoms with Crippen LogP contribution in [0.2, 0.25) is 0 Å². The average Bonchev–Trinajstić information content (AvgIpc) is 2.38. The number of anilines is 2. The van der Waals surface area contributed by atoms with E-state index in [0.29, 0.717) is 37.6 Å². The Labute approximate surface area is 111 Å². The van der Waals surface area contributed by atoms with Gasteiger partial charge in [0, 0.05) is 26.2 Å². The number of nitro groups is 1. The van der Waals surface area contributed by atoms with Crippen molar-refractivity contribution in [2.24, 2.45) is 0 Å². The smallest absolute Gasteiger partial charge is 0.311 e. The minimum absolute atomic E-state index is 0.000503. The second-order valence-corrected chi connectivity index (χ2v) is 5.03. The molecule has 104 valence electrons. The van der Waals surface area contributed by atoms with E-state index in [9.17, 15) is 15.2 Å². The number of rotatable bonds is 3. The van der Waals surface area contributed by atoms with E-state index < -0.39 is 10.5 Å². The van der Waals surface area contributed by atoms with Crippen LogP contribution in [0.5, 0.6) is 0 Å². The lowest BCUT2D eigenvalue weighted by Gasteiger charge is -2.36. The standard InChI is InChI=1S/C12H18N4O3/c1-12(17)5-7-15(8-6-12)11-9(16(18)19)3-4-10(13-2)14-11/h3-4,17H,5-8H2,1-2H3,(H,13,14). The van der Waals surface area contributed by atoms with Crippen LogP contribution in [0.15, 0.2) is 12.1 Å². The number of hydrogen-bond acceptors (Lipinski definition) is 6. The maximum Gasteiger partial charge on any atom is 0.311 e. The van der Waals surface area contributed by atoms with Crippen LogP contribution >= 0.6 is 0 Å². The molecule has 1 aromatic heterocycles. The summed E-state index contributed by atoms with van der Waals surface area (Å²) >= 11 is 0. The zero-order valence-corrected chi connectivity index (χ0v) is 11.1. The van der Waals surface area contributed by atoms with E-state index in [0.717, 1.165) is 0 Å². The van der Waals surface area contributed by atoms with Gasteiger partial charge in [0.05, 0.1) is 10.5 Å². The lowest BCUT2D eigenvalue weighted by Crippen LogP contribution is -2.43. The molecule has 0 bridgehead atoms. The highest BCUT2D eigenvalue weighted by molar-refractivity contribution is 5.62. The number of piperidine rings is 1. The summed E-state index contributed by atoms with van der Waals surface area (Å²) < 4.78 is 0. The lowest BCUT2D eigenvalue weighted by atomic mass is 9.94. The van der Waals surface area contributed by atoms with Crippen LogP contribution in [-0.2, 0) is 0 Å². The minimum Gasteiger partial charge on any atom is -0.390 e. The fourth-order valence-electron chi connectivity index (χ4n) is 2.16. The molecule has 0 unspecified atom stereocenters. The second-order valence-electron chi connectivity index (χ2n) is 5.03. The zero-order chi connectivity index (χ0) is 14.0. The summed E-state index contributed by atoms with van der Waals surface area (Å²) in [6.45, 7) is 2.91. The first-order valence-electron chi connectivity index (χ1n) is 6.23. The van der Waals surface area contributed by atoms with Crippen LogP contribution in [-0.4, -0.2) is 40.8 Å². The maximum atomic E-state index is 11.1. The van der Waals surface area contributed by atoms with Gasteiger partial charge in [-0.2, -0.15) is 0 Å². The molecule has 0 atom stereocenters. The van der Waals surface area contributed by atoms with Gasteiger partial charge in [-0.1, -0.05) is 0 Å². The fourth-order valence-corrected chi connectivity index (χ4v) is 2.16. The first-order chi connectivity index (χ1) is 8.93. The van der Waals surface area contributed by atoms with Gasteiger partial charge in [-0.3, -0.25) is 10.1 Å². The molecule has 0 aromatic carbocycles. The normalized spacial score (nSPS) is 18.2. The number of hydrogen-bond donors (Lipinski definition) is 2. The van der Waals surface area contributed by atoms with Crippen molar-refractivity contribution in [1.82, 2.24) is 4.98 Å². The summed E-state index contributed by atoms with van der Waals surface area (Å²) in [7, 11) is 1.72. The SMILES string of the molecule is CNc1ccc([N+](=O)[O-])c(N2CCC(C)(O)CC2)n1. The third-order valence-electron chi connectivity index (χ3n) is 3.45. The molecular weight excluding hydrogens is 248 g/mol. The van der Waals surface area contributed by atoms with Gasteiger partial charge in [-0.25, -0.2) is 4.98 Å². The van der Waals surface area contributed by atoms with E-state index in [1.165, 1.54) is 6.07 Å². The van der Waals surface area contributed by atoms with Crippen molar-refractivity contribution >= 4 is 17.3 Å². The van der Waals surface area contributed by atoms with E-state index in [1.54, 1.807) is 20.0 Å². The van der Waals surface area contributed by atoms with Crippen molar-refractivity contribution in [2.45, 2.75) is 25.4 Å². The number of nitrogens with one attached hydrogen (secondary N) is 1. The molecule has 1 fully saturated rings. The Kier molecular flexibility index (Phi) is 3.57. The summed E-state index contributed by atoms with van der Waals surface area (Å²) in [5.41, 5.74) is -0.688. The summed E-state index contributed by atoms with van der Waals surface area (Å²) in [5.74, 6) is 0.963. The Morgan fingerprint density at radius 3 is 2.63 bits per heavy atom. The number of pyridine rings is 1. The Morgan fingerprint density at radius 1 is 1.47 bits per heavy atom. The molecule has 2 rings (SSSR count). The summed E-state index contributed by atoms with van der Waals surface area (Å²) in [6, 6.07) is 3.04. The fraction of sp³-hybridized carbons (Fsp3) is 0.583. The molecule has 19 heavy (non-hydrogen) atoms. The summed E-state index contributed by atoms with van der Waals surface area (Å²) in [4.78, 5) is 16.8. The predicted octanol–water partition coefficient (Wildman–Crippen LogP) is 1.38. The molecule has 0 saturated carbocycles. The molecule has 7 heteroatoms. The molecule has 0 amide bonds. The van der Waals surface area contributed by atoms with Gasteiger partial charge in [0.1, 0.15) is 5.82 Å². The second kappa shape index (κ2) is 5.00. The third-order valence-corrected chi connectivity index (χ3v) is 3.45. The van der Waals surface area contributed by atoms with Crippen LogP contribution in [0, 0.1) is 10.1 Å². The van der Waals surface area contributed by atoms with E-state index in [-0.39, 0.29) is 5.69 Å². The van der Waals surface area contributed by atoms with Gasteiger partial charge in [0.2, 0.25) is 5.82 Å². The first-order valence-corrected chi connectivity index (χ1v) is 6.23. The van der Waals surface area contributed by atoms with Gasteiger partial charge in [-0.15, -0.1) is 0 Å². The Balaban J connectivity index is 2.30. The van der Waals surface area contributed by atoms with Gasteiger partial charge in [0.15, 0.2) is 0 Å². The van der Waals surface area contributed by atoms with Gasteiger partial charge in [0.25, 0.3) is 0 Å². The van der Waals surface area contributed by atoms with Crippen molar-refractivity contribution in [3.05, 3.63) is 22.2 Å². The molecule has 0 aliphatic carbocycles. The zero-order valence-electron chi connectivity index (χ0n) is 11.1. The number of aromatic nitrogens is 1. The topological polar surface area (TPSA) is 91.5 Å². The highest BCUT2D eigenvalue weighted by Gasteiger charge is 2.31. The number of aliphatic hydroxyl groups is 1. The van der Waals surface area contributed by atoms with Crippen LogP contribution in [0.25, 0.3) is 0 Å². The van der Waals surface area contributed by atoms with Crippen molar-refractivity contribution in [2.75, 3.05) is 30.4 Å². The van der Waals surface area contributed by atoms with Gasteiger partial charge in [-0.05, 0) is 25.8 Å². The van der Waals surface area contributed by atoms with Crippen molar-refractivity contribution in [3.63, 3.8) is 0 Å². The Hall–Kier alpha value is -1.89. The largest absolute Gasteiger partial charge is 0.390 e. The van der Waals surface area contributed by atoms with Crippen LogP contribution in [0.4, 0.5) is 17.3 Å². The van der Waals surface area contributed by atoms with Crippen molar-refractivity contribution < 1.29 is 10.0 Å². The van der Waals surface area contributed by atoms with Gasteiger partial charge < -0.3 is 15.3 Å². The van der Waals surface area contributed by atoms with Crippen molar-refractivity contribution in [1.29, 1.82) is 0 Å². The Morgan fingerprint density at radius 2 is 2.11 bits per heavy atom. The number of nitrogens with zero attached hydrogens (tertiary/aromatic N) is 3. The minimum atomic E-state index is -0.689. The lowest BCUT2D eigenvalue weighted by molar-refractivity contribution is -0.384. The summed E-state index contributed by atoms with van der Waals surface area (Å²) in [5, 5.41) is 23.9. The summed E-state index contributed by atoms with van der Waals surface area (Å²) in [6.07, 6.45) is 1.16.